The second kappa shape index (κ2) is 6.09. The number of methoxy groups -OCH3 is 2. The van der Waals surface area contributed by atoms with Gasteiger partial charge in [-0.15, -0.1) is 0 Å². The summed E-state index contributed by atoms with van der Waals surface area (Å²) in [6.45, 7) is 2.00. The molecule has 0 aliphatic carbocycles. The van der Waals surface area contributed by atoms with Crippen molar-refractivity contribution in [2.75, 3.05) is 14.2 Å². The van der Waals surface area contributed by atoms with Gasteiger partial charge in [0, 0.05) is 4.47 Å². The van der Waals surface area contributed by atoms with Gasteiger partial charge in [-0.05, 0) is 47.9 Å². The minimum Gasteiger partial charge on any atom is -0.497 e. The highest BCUT2D eigenvalue weighted by molar-refractivity contribution is 9.10. The van der Waals surface area contributed by atoms with Gasteiger partial charge in [0.05, 0.1) is 19.8 Å². The molecule has 104 valence electrons. The van der Waals surface area contributed by atoms with Crippen LogP contribution in [-0.4, -0.2) is 20.2 Å². The van der Waals surface area contributed by atoms with Crippen molar-refractivity contribution in [2.24, 2.45) is 0 Å². The van der Waals surface area contributed by atoms with E-state index in [1.54, 1.807) is 13.2 Å². The zero-order chi connectivity index (χ0) is 14.7. The van der Waals surface area contributed by atoms with Gasteiger partial charge in [0.2, 0.25) is 0 Å². The lowest BCUT2D eigenvalue weighted by Gasteiger charge is -2.11. The van der Waals surface area contributed by atoms with Crippen molar-refractivity contribution < 1.29 is 14.3 Å². The molecule has 0 aromatic heterocycles. The average molecular weight is 335 g/mol. The van der Waals surface area contributed by atoms with E-state index in [1.165, 1.54) is 7.11 Å². The first-order valence-electron chi connectivity index (χ1n) is 6.09. The summed E-state index contributed by atoms with van der Waals surface area (Å²) in [6, 6.07) is 11.3. The monoisotopic (exact) mass is 334 g/mol. The lowest BCUT2D eigenvalue weighted by atomic mass is 9.98. The van der Waals surface area contributed by atoms with E-state index in [1.807, 2.05) is 37.3 Å². The van der Waals surface area contributed by atoms with E-state index in [-0.39, 0.29) is 5.97 Å². The molecule has 2 rings (SSSR count). The summed E-state index contributed by atoms with van der Waals surface area (Å²) in [5.74, 6) is 0.454. The van der Waals surface area contributed by atoms with Crippen LogP contribution in [0.1, 0.15) is 15.9 Å². The van der Waals surface area contributed by atoms with E-state index in [0.717, 1.165) is 26.9 Å². The normalized spacial score (nSPS) is 10.2. The van der Waals surface area contributed by atoms with Crippen LogP contribution >= 0.6 is 15.9 Å². The van der Waals surface area contributed by atoms with Crippen molar-refractivity contribution in [2.45, 2.75) is 6.92 Å². The molecule has 0 atom stereocenters. The molecule has 0 fully saturated rings. The van der Waals surface area contributed by atoms with Gasteiger partial charge in [-0.2, -0.15) is 0 Å². The summed E-state index contributed by atoms with van der Waals surface area (Å²) in [7, 11) is 3.01. The summed E-state index contributed by atoms with van der Waals surface area (Å²) in [5, 5.41) is 0. The number of benzene rings is 2. The van der Waals surface area contributed by atoms with Crippen LogP contribution in [0.3, 0.4) is 0 Å². The zero-order valence-electron chi connectivity index (χ0n) is 11.6. The van der Waals surface area contributed by atoms with Crippen LogP contribution in [0.25, 0.3) is 11.1 Å². The Bertz CT molecular complexity index is 633. The van der Waals surface area contributed by atoms with Crippen LogP contribution in [-0.2, 0) is 4.74 Å². The van der Waals surface area contributed by atoms with Gasteiger partial charge in [-0.25, -0.2) is 4.79 Å². The van der Waals surface area contributed by atoms with Crippen molar-refractivity contribution in [3.8, 4) is 16.9 Å². The van der Waals surface area contributed by atoms with Gasteiger partial charge >= 0.3 is 5.97 Å². The highest BCUT2D eigenvalue weighted by Crippen LogP contribution is 2.31. The Morgan fingerprint density at radius 2 is 1.75 bits per heavy atom. The second-order valence-corrected chi connectivity index (χ2v) is 5.21. The van der Waals surface area contributed by atoms with Crippen LogP contribution in [0.15, 0.2) is 40.9 Å². The average Bonchev–Trinajstić information content (AvgIpc) is 2.49. The summed E-state index contributed by atoms with van der Waals surface area (Å²) in [4.78, 5) is 11.7. The molecule has 3 nitrogen and oxygen atoms in total. The molecule has 0 bridgehead atoms. The number of carbonyl (C=O) groups excluding carboxylic acids is 1. The molecular formula is C16H15BrO3. The van der Waals surface area contributed by atoms with E-state index < -0.39 is 0 Å². The molecule has 0 aliphatic heterocycles. The third-order valence-electron chi connectivity index (χ3n) is 3.17. The highest BCUT2D eigenvalue weighted by atomic mass is 79.9. The number of hydrogen-bond acceptors (Lipinski definition) is 3. The van der Waals surface area contributed by atoms with Crippen LogP contribution in [0.5, 0.6) is 5.75 Å². The van der Waals surface area contributed by atoms with Crippen molar-refractivity contribution in [1.82, 2.24) is 0 Å². The van der Waals surface area contributed by atoms with Gasteiger partial charge < -0.3 is 9.47 Å². The maximum absolute atomic E-state index is 11.7. The summed E-state index contributed by atoms with van der Waals surface area (Å²) >= 11 is 3.49. The Hall–Kier alpha value is -1.81. The minimum atomic E-state index is -0.347. The summed E-state index contributed by atoms with van der Waals surface area (Å²) < 4.78 is 10.8. The number of halogens is 1. The van der Waals surface area contributed by atoms with Crippen molar-refractivity contribution in [3.05, 3.63) is 52.0 Å². The quantitative estimate of drug-likeness (QED) is 0.788. The van der Waals surface area contributed by atoms with Gasteiger partial charge in [0.15, 0.2) is 0 Å². The fraction of sp³-hybridized carbons (Fsp3) is 0.188. The predicted octanol–water partition coefficient (Wildman–Crippen LogP) is 4.22. The molecule has 0 saturated carbocycles. The van der Waals surface area contributed by atoms with E-state index in [4.69, 9.17) is 9.47 Å². The lowest BCUT2D eigenvalue weighted by Crippen LogP contribution is -2.02. The molecular weight excluding hydrogens is 320 g/mol. The van der Waals surface area contributed by atoms with Crippen molar-refractivity contribution in [3.63, 3.8) is 0 Å². The molecule has 20 heavy (non-hydrogen) atoms. The van der Waals surface area contributed by atoms with Crippen molar-refractivity contribution in [1.29, 1.82) is 0 Å². The number of ether oxygens (including phenoxy) is 2. The first-order valence-corrected chi connectivity index (χ1v) is 6.89. The first-order chi connectivity index (χ1) is 9.56. The standard InChI is InChI=1S/C16H15BrO3/c1-10-14(11-4-6-13(19-2)7-5-11)8-12(9-15(10)17)16(18)20-3/h4-9H,1-3H3. The third kappa shape index (κ3) is 2.85. The van der Waals surface area contributed by atoms with Crippen LogP contribution in [0, 0.1) is 6.92 Å². The van der Waals surface area contributed by atoms with Gasteiger partial charge in [0.25, 0.3) is 0 Å². The molecule has 0 radical (unpaired) electrons. The Labute approximate surface area is 126 Å². The van der Waals surface area contributed by atoms with E-state index in [2.05, 4.69) is 15.9 Å². The topological polar surface area (TPSA) is 35.5 Å². The molecule has 0 heterocycles. The summed E-state index contributed by atoms with van der Waals surface area (Å²) in [6.07, 6.45) is 0. The van der Waals surface area contributed by atoms with E-state index >= 15 is 0 Å². The Balaban J connectivity index is 2.53. The summed E-state index contributed by atoms with van der Waals surface area (Å²) in [5.41, 5.74) is 3.61. The lowest BCUT2D eigenvalue weighted by molar-refractivity contribution is 0.0600. The molecule has 0 amide bonds. The Morgan fingerprint density at radius 1 is 1.10 bits per heavy atom. The molecule has 0 unspecified atom stereocenters. The SMILES string of the molecule is COC(=O)c1cc(Br)c(C)c(-c2ccc(OC)cc2)c1. The molecule has 0 spiro atoms. The number of esters is 1. The predicted molar refractivity (Wildman–Crippen MR) is 82.2 cm³/mol. The van der Waals surface area contributed by atoms with Crippen LogP contribution in [0.2, 0.25) is 0 Å². The Kier molecular flexibility index (Phi) is 4.45. The number of hydrogen-bond donors (Lipinski definition) is 0. The van der Waals surface area contributed by atoms with Gasteiger partial charge in [-0.3, -0.25) is 0 Å². The number of carbonyl (C=O) groups is 1. The zero-order valence-corrected chi connectivity index (χ0v) is 13.2. The third-order valence-corrected chi connectivity index (χ3v) is 3.99. The molecule has 0 N–H and O–H groups in total. The van der Waals surface area contributed by atoms with Crippen LogP contribution in [0.4, 0.5) is 0 Å². The number of rotatable bonds is 3. The fourth-order valence-electron chi connectivity index (χ4n) is 1.98. The molecule has 2 aromatic carbocycles. The smallest absolute Gasteiger partial charge is 0.337 e. The maximum Gasteiger partial charge on any atom is 0.337 e. The van der Waals surface area contributed by atoms with Crippen LogP contribution < -0.4 is 4.74 Å². The molecule has 0 saturated heterocycles. The second-order valence-electron chi connectivity index (χ2n) is 4.35. The molecule has 4 heteroatoms. The minimum absolute atomic E-state index is 0.347. The van der Waals surface area contributed by atoms with E-state index in [9.17, 15) is 4.79 Å². The fourth-order valence-corrected chi connectivity index (χ4v) is 2.45. The maximum atomic E-state index is 11.7. The molecule has 2 aromatic rings. The van der Waals surface area contributed by atoms with Gasteiger partial charge in [-0.1, -0.05) is 28.1 Å². The Morgan fingerprint density at radius 3 is 2.30 bits per heavy atom. The van der Waals surface area contributed by atoms with Crippen molar-refractivity contribution >= 4 is 21.9 Å². The van der Waals surface area contributed by atoms with E-state index in [0.29, 0.717) is 5.56 Å². The molecule has 0 aliphatic rings. The first kappa shape index (κ1) is 14.6. The largest absolute Gasteiger partial charge is 0.497 e. The highest BCUT2D eigenvalue weighted by Gasteiger charge is 2.12. The van der Waals surface area contributed by atoms with Gasteiger partial charge in [0.1, 0.15) is 5.75 Å².